The van der Waals surface area contributed by atoms with Crippen LogP contribution in [0.3, 0.4) is 0 Å². The summed E-state index contributed by atoms with van der Waals surface area (Å²) in [5, 5.41) is 3.38. The molecule has 0 aliphatic heterocycles. The predicted molar refractivity (Wildman–Crippen MR) is 40.7 cm³/mol. The molecule has 0 atom stereocenters. The molecular formula is C7H4N4O2. The fourth-order valence-corrected chi connectivity index (χ4v) is 0.783. The van der Waals surface area contributed by atoms with Crippen LogP contribution in [0.25, 0.3) is 11.7 Å². The van der Waals surface area contributed by atoms with Crippen LogP contribution in [0, 0.1) is 0 Å². The summed E-state index contributed by atoms with van der Waals surface area (Å²) < 4.78 is 4.72. The molecule has 0 unspecified atom stereocenters. The first-order valence-electron chi connectivity index (χ1n) is 3.46. The van der Waals surface area contributed by atoms with Gasteiger partial charge < -0.3 is 4.52 Å². The molecule has 0 aliphatic rings. The summed E-state index contributed by atoms with van der Waals surface area (Å²) in [4.78, 5) is 21.7. The molecule has 0 aromatic carbocycles. The maximum atomic E-state index is 10.2. The maximum absolute atomic E-state index is 10.2. The third kappa shape index (κ3) is 1.41. The van der Waals surface area contributed by atoms with Gasteiger partial charge >= 0.3 is 0 Å². The number of aldehydes is 1. The average Bonchev–Trinajstić information content (AvgIpc) is 2.67. The van der Waals surface area contributed by atoms with Crippen molar-refractivity contribution in [3.8, 4) is 11.7 Å². The molecule has 0 saturated carbocycles. The molecule has 0 saturated heterocycles. The van der Waals surface area contributed by atoms with Gasteiger partial charge in [0.2, 0.25) is 11.6 Å². The van der Waals surface area contributed by atoms with Gasteiger partial charge in [0.05, 0.1) is 0 Å². The van der Waals surface area contributed by atoms with Crippen LogP contribution in [0.4, 0.5) is 0 Å². The van der Waals surface area contributed by atoms with Gasteiger partial charge in [-0.3, -0.25) is 4.79 Å². The molecule has 0 amide bonds. The van der Waals surface area contributed by atoms with Crippen molar-refractivity contribution in [2.24, 2.45) is 0 Å². The fourth-order valence-electron chi connectivity index (χ4n) is 0.783. The van der Waals surface area contributed by atoms with E-state index in [4.69, 9.17) is 4.52 Å². The first-order chi connectivity index (χ1) is 6.40. The molecule has 2 aromatic heterocycles. The zero-order chi connectivity index (χ0) is 9.10. The molecule has 0 bridgehead atoms. The molecule has 0 radical (unpaired) electrons. The highest BCUT2D eigenvalue weighted by atomic mass is 16.5. The van der Waals surface area contributed by atoms with Gasteiger partial charge in [0.1, 0.15) is 0 Å². The van der Waals surface area contributed by atoms with E-state index >= 15 is 0 Å². The van der Waals surface area contributed by atoms with Gasteiger partial charge in [-0.15, -0.1) is 0 Å². The zero-order valence-corrected chi connectivity index (χ0v) is 6.41. The second-order valence-electron chi connectivity index (χ2n) is 2.15. The van der Waals surface area contributed by atoms with Gasteiger partial charge in [-0.05, 0) is 6.07 Å². The van der Waals surface area contributed by atoms with Crippen molar-refractivity contribution in [2.75, 3.05) is 0 Å². The van der Waals surface area contributed by atoms with Gasteiger partial charge in [0, 0.05) is 12.4 Å². The van der Waals surface area contributed by atoms with Crippen LogP contribution < -0.4 is 0 Å². The molecule has 0 aliphatic carbocycles. The number of carbonyl (C=O) groups excluding carboxylic acids is 1. The Balaban J connectivity index is 2.41. The summed E-state index contributed by atoms with van der Waals surface area (Å²) in [6, 6.07) is 1.67. The smallest absolute Gasteiger partial charge is 0.296 e. The van der Waals surface area contributed by atoms with Gasteiger partial charge in [-0.2, -0.15) is 4.98 Å². The van der Waals surface area contributed by atoms with Crippen LogP contribution in [0.5, 0.6) is 0 Å². The minimum atomic E-state index is -0.0116. The van der Waals surface area contributed by atoms with Crippen molar-refractivity contribution >= 4 is 6.29 Å². The molecule has 0 spiro atoms. The molecule has 2 rings (SSSR count). The molecule has 0 fully saturated rings. The average molecular weight is 176 g/mol. The Labute approximate surface area is 72.6 Å². The summed E-state index contributed by atoms with van der Waals surface area (Å²) in [7, 11) is 0. The number of hydrogen-bond donors (Lipinski definition) is 0. The highest BCUT2D eigenvalue weighted by Gasteiger charge is 2.09. The molecular weight excluding hydrogens is 172 g/mol. The lowest BCUT2D eigenvalue weighted by Crippen LogP contribution is -1.87. The lowest BCUT2D eigenvalue weighted by atomic mass is 10.5. The predicted octanol–water partition coefficient (Wildman–Crippen LogP) is 0.339. The van der Waals surface area contributed by atoms with Crippen LogP contribution in [0.2, 0.25) is 0 Å². The number of hydrogen-bond acceptors (Lipinski definition) is 6. The van der Waals surface area contributed by atoms with Crippen molar-refractivity contribution in [3.63, 3.8) is 0 Å². The Kier molecular flexibility index (Phi) is 1.79. The normalized spacial score (nSPS) is 9.85. The standard InChI is InChI=1S/C7H4N4O2/c12-4-5-10-7(13-11-5)6-8-2-1-3-9-6/h1-4H. The largest absolute Gasteiger partial charge is 0.330 e. The minimum absolute atomic E-state index is 0.0116. The van der Waals surface area contributed by atoms with Gasteiger partial charge in [-0.1, -0.05) is 5.16 Å². The Hall–Kier alpha value is -2.11. The number of aromatic nitrogens is 4. The van der Waals surface area contributed by atoms with Crippen molar-refractivity contribution in [1.82, 2.24) is 20.1 Å². The van der Waals surface area contributed by atoms with E-state index < -0.39 is 0 Å². The quantitative estimate of drug-likeness (QED) is 0.613. The second-order valence-corrected chi connectivity index (χ2v) is 2.15. The minimum Gasteiger partial charge on any atom is -0.330 e. The first-order valence-corrected chi connectivity index (χ1v) is 3.46. The van der Waals surface area contributed by atoms with E-state index in [1.54, 1.807) is 18.5 Å². The van der Waals surface area contributed by atoms with E-state index in [0.29, 0.717) is 12.1 Å². The molecule has 6 heteroatoms. The fraction of sp³-hybridized carbons (Fsp3) is 0. The monoisotopic (exact) mass is 176 g/mol. The van der Waals surface area contributed by atoms with Gasteiger partial charge in [0.25, 0.3) is 5.89 Å². The highest BCUT2D eigenvalue weighted by molar-refractivity contribution is 5.69. The van der Waals surface area contributed by atoms with Crippen molar-refractivity contribution in [3.05, 3.63) is 24.3 Å². The SMILES string of the molecule is O=Cc1noc(-c2ncccn2)n1. The van der Waals surface area contributed by atoms with E-state index in [-0.39, 0.29) is 11.7 Å². The van der Waals surface area contributed by atoms with Crippen LogP contribution in [-0.2, 0) is 0 Å². The number of nitrogens with zero attached hydrogens (tertiary/aromatic N) is 4. The van der Waals surface area contributed by atoms with E-state index in [0.717, 1.165) is 0 Å². The van der Waals surface area contributed by atoms with Crippen LogP contribution in [-0.4, -0.2) is 26.4 Å². The third-order valence-corrected chi connectivity index (χ3v) is 1.30. The third-order valence-electron chi connectivity index (χ3n) is 1.30. The van der Waals surface area contributed by atoms with Gasteiger partial charge in [0.15, 0.2) is 6.29 Å². The topological polar surface area (TPSA) is 81.8 Å². The number of rotatable bonds is 2. The lowest BCUT2D eigenvalue weighted by Gasteiger charge is -1.87. The Bertz CT molecular complexity index is 411. The van der Waals surface area contributed by atoms with Crippen LogP contribution >= 0.6 is 0 Å². The summed E-state index contributed by atoms with van der Waals surface area (Å²) in [5.74, 6) is 0.438. The first kappa shape index (κ1) is 7.53. The van der Waals surface area contributed by atoms with Gasteiger partial charge in [-0.25, -0.2) is 9.97 Å². The van der Waals surface area contributed by atoms with E-state index in [1.807, 2.05) is 0 Å². The number of carbonyl (C=O) groups is 1. The van der Waals surface area contributed by atoms with Crippen molar-refractivity contribution in [2.45, 2.75) is 0 Å². The van der Waals surface area contributed by atoms with Crippen molar-refractivity contribution in [1.29, 1.82) is 0 Å². The van der Waals surface area contributed by atoms with Crippen LogP contribution in [0.1, 0.15) is 10.6 Å². The second kappa shape index (κ2) is 3.10. The summed E-state index contributed by atoms with van der Waals surface area (Å²) >= 11 is 0. The Morgan fingerprint density at radius 1 is 1.31 bits per heavy atom. The summed E-state index contributed by atoms with van der Waals surface area (Å²) in [6.45, 7) is 0. The van der Waals surface area contributed by atoms with E-state index in [1.165, 1.54) is 0 Å². The zero-order valence-electron chi connectivity index (χ0n) is 6.41. The summed E-state index contributed by atoms with van der Waals surface area (Å²) in [5.41, 5.74) is 0. The van der Waals surface area contributed by atoms with Crippen molar-refractivity contribution < 1.29 is 9.32 Å². The molecule has 13 heavy (non-hydrogen) atoms. The maximum Gasteiger partial charge on any atom is 0.296 e. The lowest BCUT2D eigenvalue weighted by molar-refractivity contribution is 0.111. The molecule has 0 N–H and O–H groups in total. The van der Waals surface area contributed by atoms with E-state index in [9.17, 15) is 4.79 Å². The van der Waals surface area contributed by atoms with Crippen LogP contribution in [0.15, 0.2) is 23.0 Å². The molecule has 64 valence electrons. The Morgan fingerprint density at radius 3 is 2.69 bits per heavy atom. The molecule has 2 aromatic rings. The van der Waals surface area contributed by atoms with E-state index in [2.05, 4.69) is 20.1 Å². The summed E-state index contributed by atoms with van der Waals surface area (Å²) in [6.07, 6.45) is 3.59. The molecule has 6 nitrogen and oxygen atoms in total. The molecule has 2 heterocycles. The Morgan fingerprint density at radius 2 is 2.08 bits per heavy atom. The highest BCUT2D eigenvalue weighted by Crippen LogP contribution is 2.08.